The number of Topliss-reactive ketones (excluding diaryl/α,β-unsaturated/α-hetero) is 1. The zero-order chi connectivity index (χ0) is 40.2. The lowest BCUT2D eigenvalue weighted by Gasteiger charge is -2.21. The number of hydrogen-bond acceptors (Lipinski definition) is 16. The van der Waals surface area contributed by atoms with Gasteiger partial charge < -0.3 is 10.6 Å². The van der Waals surface area contributed by atoms with Crippen molar-refractivity contribution in [2.75, 3.05) is 16.1 Å². The first-order chi connectivity index (χ1) is 25.5. The van der Waals surface area contributed by atoms with E-state index in [1.165, 1.54) is 12.1 Å². The van der Waals surface area contributed by atoms with Crippen LogP contribution in [-0.2, 0) is 40.5 Å². The van der Waals surface area contributed by atoms with Crippen LogP contribution in [0.25, 0.3) is 16.8 Å². The van der Waals surface area contributed by atoms with Crippen molar-refractivity contribution in [3.05, 3.63) is 93.9 Å². The number of hydrazone groups is 1. The number of rotatable bonds is 10. The maximum atomic E-state index is 14.6. The summed E-state index contributed by atoms with van der Waals surface area (Å²) in [4.78, 5) is 21.0. The van der Waals surface area contributed by atoms with Crippen molar-refractivity contribution >= 4 is 109 Å². The quantitative estimate of drug-likeness (QED) is 0.0772. The molecule has 1 aromatic heterocycles. The van der Waals surface area contributed by atoms with E-state index in [-0.39, 0.29) is 10.4 Å². The predicted octanol–water partition coefficient (Wildman–Crippen LogP) is 3.94. The Morgan fingerprint density at radius 1 is 0.691 bits per heavy atom. The second-order valence-electron chi connectivity index (χ2n) is 11.1. The summed E-state index contributed by atoms with van der Waals surface area (Å²) in [6.45, 7) is 0. The monoisotopic (exact) mass is 855 g/mol. The molecular weight excluding hydrogens is 837 g/mol. The summed E-state index contributed by atoms with van der Waals surface area (Å²) < 4.78 is 153. The number of anilines is 5. The van der Waals surface area contributed by atoms with Crippen molar-refractivity contribution < 1.29 is 61.1 Å². The van der Waals surface area contributed by atoms with Gasteiger partial charge in [-0.25, -0.2) is 0 Å². The summed E-state index contributed by atoms with van der Waals surface area (Å²) in [5.74, 6) is -2.51. The number of nitrogens with zero attached hydrogens (tertiary/aromatic N) is 4. The van der Waals surface area contributed by atoms with Gasteiger partial charge in [-0.1, -0.05) is 35.9 Å². The Balaban J connectivity index is 1.50. The lowest BCUT2D eigenvalue weighted by Crippen LogP contribution is -2.28. The first-order valence-electron chi connectivity index (χ1n) is 14.5. The number of ketones is 1. The molecule has 0 atom stereocenters. The maximum Gasteiger partial charge on any atom is 0.315 e. The Kier molecular flexibility index (Phi) is 9.95. The fraction of sp³-hybridized carbons (Fsp3) is 0. The van der Waals surface area contributed by atoms with Gasteiger partial charge in [-0.3, -0.25) is 28.4 Å². The topological polar surface area (TPSA) is 322 Å². The zero-order valence-electron chi connectivity index (χ0n) is 26.6. The molecule has 0 unspecified atom stereocenters. The number of halogens is 2. The summed E-state index contributed by atoms with van der Waals surface area (Å²) in [5, 5.41) is 8.16. The van der Waals surface area contributed by atoms with E-state index in [9.17, 15) is 61.1 Å². The number of nitrogens with one attached hydrogen (secondary N) is 3. The predicted molar refractivity (Wildman–Crippen MR) is 193 cm³/mol. The molecule has 1 heterocycles. The van der Waals surface area contributed by atoms with Crippen LogP contribution in [0, 0.1) is 6.08 Å². The molecule has 55 heavy (non-hydrogen) atoms. The van der Waals surface area contributed by atoms with Gasteiger partial charge in [0.2, 0.25) is 17.7 Å². The summed E-state index contributed by atoms with van der Waals surface area (Å²) in [6, 6.07) is 12.2. The Morgan fingerprint density at radius 2 is 1.36 bits per heavy atom. The molecule has 0 saturated heterocycles. The van der Waals surface area contributed by atoms with Crippen LogP contribution >= 0.6 is 11.6 Å². The van der Waals surface area contributed by atoms with Crippen molar-refractivity contribution in [2.45, 2.75) is 14.7 Å². The number of carbonyl (C=O) groups is 1. The van der Waals surface area contributed by atoms with Crippen LogP contribution in [0.3, 0.4) is 0 Å². The van der Waals surface area contributed by atoms with E-state index in [4.69, 9.17) is 11.6 Å². The zero-order valence-corrected chi connectivity index (χ0v) is 30.6. The van der Waals surface area contributed by atoms with Gasteiger partial charge in [-0.05, 0) is 54.1 Å². The fourth-order valence-corrected chi connectivity index (χ4v) is 8.23. The van der Waals surface area contributed by atoms with Gasteiger partial charge >= 0.3 is 6.08 Å². The molecule has 1 aliphatic carbocycles. The van der Waals surface area contributed by atoms with Gasteiger partial charge in [0.15, 0.2) is 5.71 Å². The number of carbonyl (C=O) groups excluding carboxylic acids is 1. The molecule has 0 saturated carbocycles. The van der Waals surface area contributed by atoms with E-state index in [0.29, 0.717) is 23.9 Å². The number of allylic oxidation sites excluding steroid dienone is 1. The molecular formula is C29H19ClFN7O13S4. The Bertz CT molecular complexity index is 3020. The molecule has 4 aromatic carbocycles. The van der Waals surface area contributed by atoms with E-state index in [2.05, 4.69) is 36.1 Å². The molecule has 0 spiro atoms. The van der Waals surface area contributed by atoms with Crippen molar-refractivity contribution in [1.82, 2.24) is 15.0 Å². The lowest BCUT2D eigenvalue weighted by molar-refractivity contribution is 0.106. The first kappa shape index (κ1) is 39.2. The largest absolute Gasteiger partial charge is 0.324 e. The van der Waals surface area contributed by atoms with Crippen LogP contribution in [0.4, 0.5) is 33.3 Å². The Morgan fingerprint density at radius 3 is 1.98 bits per heavy atom. The normalized spacial score (nSPS) is 14.4. The number of aromatic nitrogens is 3. The van der Waals surface area contributed by atoms with Crippen LogP contribution in [0.5, 0.6) is 0 Å². The van der Waals surface area contributed by atoms with E-state index in [1.807, 2.05) is 0 Å². The third-order valence-corrected chi connectivity index (χ3v) is 11.2. The molecule has 7 N–H and O–H groups in total. The molecule has 20 nitrogen and oxygen atoms in total. The van der Waals surface area contributed by atoms with Gasteiger partial charge in [0.25, 0.3) is 40.5 Å². The minimum atomic E-state index is -5.44. The van der Waals surface area contributed by atoms with E-state index < -0.39 is 117 Å². The van der Waals surface area contributed by atoms with Gasteiger partial charge in [-0.2, -0.15) is 58.1 Å². The van der Waals surface area contributed by atoms with Gasteiger partial charge in [-0.15, -0.1) is 0 Å². The smallest absolute Gasteiger partial charge is 0.315 e. The second kappa shape index (κ2) is 14.0. The van der Waals surface area contributed by atoms with Gasteiger partial charge in [0, 0.05) is 21.5 Å². The average Bonchev–Trinajstić information content (AvgIpc) is 3.05. The highest BCUT2D eigenvalue weighted by Crippen LogP contribution is 2.37. The van der Waals surface area contributed by atoms with E-state index >= 15 is 0 Å². The lowest BCUT2D eigenvalue weighted by atomic mass is 9.93. The summed E-state index contributed by atoms with van der Waals surface area (Å²) in [5.41, 5.74) is -1.26. The van der Waals surface area contributed by atoms with Crippen LogP contribution < -0.4 is 16.1 Å². The summed E-state index contributed by atoms with van der Waals surface area (Å²) in [6.07, 6.45) is -0.823. The fourth-order valence-electron chi connectivity index (χ4n) is 5.28. The number of hydrogen-bond donors (Lipinski definition) is 7. The summed E-state index contributed by atoms with van der Waals surface area (Å²) in [7, 11) is -20.8. The van der Waals surface area contributed by atoms with Crippen LogP contribution in [0.2, 0.25) is 5.02 Å². The average molecular weight is 856 g/mol. The molecule has 0 radical (unpaired) electrons. The van der Waals surface area contributed by atoms with Crippen LogP contribution in [0.15, 0.2) is 91.4 Å². The van der Waals surface area contributed by atoms with E-state index in [0.717, 1.165) is 30.3 Å². The molecule has 0 aliphatic heterocycles. The number of fused-ring (bicyclic) bond motifs is 2. The number of benzene rings is 4. The van der Waals surface area contributed by atoms with Crippen molar-refractivity contribution in [3.8, 4) is 0 Å². The summed E-state index contributed by atoms with van der Waals surface area (Å²) >= 11 is 5.97. The highest BCUT2D eigenvalue weighted by molar-refractivity contribution is 7.91. The standard InChI is InChI=1S/C29H19ClFN7O13S4/c30-14-3-1-4-15(11-14)32-28-34-27(31)35-29(36-28)33-20-12-16(52(40,41)42)9-13-10-22(54(46,47)48)24(25(39)23(13)20)38-37-19-8-7-17-18(26(19)55(49,50)51)5-2-6-21(17)53(43,44)45/h1-12,37H,(H,40,41,42)(H,43,44,45)(H,46,47,48)(H,49,50,51)(H2,32,33,34,35,36)/b38-24+. The second-order valence-corrected chi connectivity index (χ2v) is 17.0. The van der Waals surface area contributed by atoms with Gasteiger partial charge in [0.05, 0.1) is 21.8 Å². The van der Waals surface area contributed by atoms with Crippen molar-refractivity contribution in [3.63, 3.8) is 0 Å². The van der Waals surface area contributed by atoms with E-state index in [1.54, 1.807) is 12.1 Å². The third kappa shape index (κ3) is 8.28. The third-order valence-electron chi connectivity index (χ3n) is 7.41. The Labute approximate surface area is 313 Å². The van der Waals surface area contributed by atoms with Crippen LogP contribution in [-0.4, -0.2) is 78.3 Å². The highest BCUT2D eigenvalue weighted by Gasteiger charge is 2.36. The van der Waals surface area contributed by atoms with Gasteiger partial charge in [0.1, 0.15) is 14.7 Å². The van der Waals surface area contributed by atoms with Crippen molar-refractivity contribution in [1.29, 1.82) is 0 Å². The Hall–Kier alpha value is -5.51. The highest BCUT2D eigenvalue weighted by atomic mass is 35.5. The van der Waals surface area contributed by atoms with Crippen LogP contribution in [0.1, 0.15) is 15.9 Å². The molecule has 6 rings (SSSR count). The molecule has 0 amide bonds. The molecule has 1 aliphatic rings. The first-order valence-corrected chi connectivity index (χ1v) is 20.6. The molecule has 286 valence electrons. The molecule has 0 fully saturated rings. The van der Waals surface area contributed by atoms with Crippen molar-refractivity contribution in [2.24, 2.45) is 5.10 Å². The SMILES string of the molecule is O=C1/C(=N/Nc2ccc3c(S(=O)(=O)O)cccc3c2S(=O)(=O)O)C(S(=O)(=O)O)=Cc2cc(S(=O)(=O)O)cc(Nc3nc(F)nc(Nc4cccc(Cl)c4)n3)c21. The maximum absolute atomic E-state index is 14.6. The molecule has 5 aromatic rings. The minimum Gasteiger partial charge on any atom is -0.324 e. The minimum absolute atomic E-state index is 0.287. The molecule has 26 heteroatoms. The molecule has 0 bridgehead atoms.